The van der Waals surface area contributed by atoms with Crippen LogP contribution in [0.15, 0.2) is 16.7 Å². The Bertz CT molecular complexity index is 415. The Balaban J connectivity index is 2.84. The summed E-state index contributed by atoms with van der Waals surface area (Å²) in [5.74, 6) is -0.615. The van der Waals surface area contributed by atoms with Gasteiger partial charge in [0.15, 0.2) is 0 Å². The van der Waals surface area contributed by atoms with Gasteiger partial charge in [0.25, 0.3) is 0 Å². The highest BCUT2D eigenvalue weighted by Gasteiger charge is 2.24. The molecule has 0 aliphatic heterocycles. The number of halogens is 2. The molecule has 7 heteroatoms. The van der Waals surface area contributed by atoms with Gasteiger partial charge in [-0.15, -0.1) is 0 Å². The molecule has 0 radical (unpaired) electrons. The van der Waals surface area contributed by atoms with Crippen molar-refractivity contribution in [3.05, 3.63) is 27.5 Å². The Morgan fingerprint density at radius 1 is 1.65 bits per heavy atom. The maximum atomic E-state index is 11.0. The van der Waals surface area contributed by atoms with Crippen LogP contribution in [0.2, 0.25) is 5.15 Å². The van der Waals surface area contributed by atoms with Gasteiger partial charge < -0.3 is 14.9 Å². The quantitative estimate of drug-likeness (QED) is 0.647. The fraction of sp³-hybridized carbons (Fsp3) is 0.400. The lowest BCUT2D eigenvalue weighted by atomic mass is 10.0. The summed E-state index contributed by atoms with van der Waals surface area (Å²) in [7, 11) is 1.20. The molecular formula is C10H11BrClNO4. The monoisotopic (exact) mass is 323 g/mol. The normalized spacial score (nSPS) is 14.2. The molecule has 0 fully saturated rings. The molecule has 0 bridgehead atoms. The fourth-order valence-corrected chi connectivity index (χ4v) is 1.78. The number of carbonyl (C=O) groups excluding carboxylic acids is 1. The lowest BCUT2D eigenvalue weighted by Crippen LogP contribution is -2.23. The predicted molar refractivity (Wildman–Crippen MR) is 64.5 cm³/mol. The van der Waals surface area contributed by atoms with Gasteiger partial charge in [0.1, 0.15) is 11.3 Å². The van der Waals surface area contributed by atoms with E-state index in [4.69, 9.17) is 11.6 Å². The molecule has 1 heterocycles. The average molecular weight is 325 g/mol. The lowest BCUT2D eigenvalue weighted by molar-refractivity contribution is -0.144. The Hall–Kier alpha value is -0.690. The van der Waals surface area contributed by atoms with Crippen LogP contribution >= 0.6 is 27.5 Å². The summed E-state index contributed by atoms with van der Waals surface area (Å²) in [5.41, 5.74) is 0.248. The highest BCUT2D eigenvalue weighted by Crippen LogP contribution is 2.27. The molecule has 1 rings (SSSR count). The number of aliphatic hydroxyl groups is 2. The largest absolute Gasteiger partial charge is 0.469 e. The van der Waals surface area contributed by atoms with Gasteiger partial charge in [0, 0.05) is 16.2 Å². The minimum absolute atomic E-state index is 0.0737. The van der Waals surface area contributed by atoms with Crippen molar-refractivity contribution in [2.24, 2.45) is 0 Å². The highest BCUT2D eigenvalue weighted by molar-refractivity contribution is 9.10. The third-order valence-corrected chi connectivity index (χ3v) is 2.87. The molecule has 1 aromatic rings. The lowest BCUT2D eigenvalue weighted by Gasteiger charge is -2.17. The molecule has 2 N–H and O–H groups in total. The summed E-state index contributed by atoms with van der Waals surface area (Å²) in [6.45, 7) is 0. The van der Waals surface area contributed by atoms with Gasteiger partial charge in [-0.3, -0.25) is 4.79 Å². The molecule has 0 aliphatic carbocycles. The molecule has 1 aromatic heterocycles. The SMILES string of the molecule is COC(=O)CC(O)C(O)c1cc(Br)cnc1Cl. The Morgan fingerprint density at radius 2 is 2.29 bits per heavy atom. The van der Waals surface area contributed by atoms with E-state index >= 15 is 0 Å². The van der Waals surface area contributed by atoms with E-state index in [2.05, 4.69) is 25.7 Å². The van der Waals surface area contributed by atoms with E-state index in [-0.39, 0.29) is 17.1 Å². The van der Waals surface area contributed by atoms with Crippen LogP contribution in [0.1, 0.15) is 18.1 Å². The molecule has 0 aromatic carbocycles. The van der Waals surface area contributed by atoms with E-state index in [1.165, 1.54) is 19.4 Å². The first-order valence-corrected chi connectivity index (χ1v) is 5.86. The third-order valence-electron chi connectivity index (χ3n) is 2.12. The van der Waals surface area contributed by atoms with Crippen molar-refractivity contribution in [1.82, 2.24) is 4.98 Å². The van der Waals surface area contributed by atoms with Crippen LogP contribution in [-0.4, -0.2) is 34.4 Å². The van der Waals surface area contributed by atoms with Gasteiger partial charge >= 0.3 is 5.97 Å². The third kappa shape index (κ3) is 3.92. The molecule has 17 heavy (non-hydrogen) atoms. The van der Waals surface area contributed by atoms with Gasteiger partial charge in [-0.05, 0) is 22.0 Å². The number of ether oxygens (including phenoxy) is 1. The van der Waals surface area contributed by atoms with E-state index in [0.717, 1.165) is 0 Å². The van der Waals surface area contributed by atoms with E-state index < -0.39 is 18.2 Å². The predicted octanol–water partition coefficient (Wildman–Crippen LogP) is 1.45. The number of rotatable bonds is 4. The Morgan fingerprint density at radius 3 is 2.88 bits per heavy atom. The van der Waals surface area contributed by atoms with Crippen molar-refractivity contribution in [3.8, 4) is 0 Å². The van der Waals surface area contributed by atoms with Gasteiger partial charge in [-0.25, -0.2) is 4.98 Å². The molecule has 5 nitrogen and oxygen atoms in total. The Labute approximate surface area is 112 Å². The first kappa shape index (κ1) is 14.4. The molecule has 0 amide bonds. The van der Waals surface area contributed by atoms with E-state index in [0.29, 0.717) is 4.47 Å². The van der Waals surface area contributed by atoms with E-state index in [9.17, 15) is 15.0 Å². The summed E-state index contributed by atoms with van der Waals surface area (Å²) in [6.07, 6.45) is -1.45. The zero-order valence-corrected chi connectivity index (χ0v) is 11.3. The number of aromatic nitrogens is 1. The highest BCUT2D eigenvalue weighted by atomic mass is 79.9. The van der Waals surface area contributed by atoms with Crippen LogP contribution in [0.5, 0.6) is 0 Å². The van der Waals surface area contributed by atoms with Crippen molar-refractivity contribution in [3.63, 3.8) is 0 Å². The smallest absolute Gasteiger partial charge is 0.308 e. The van der Waals surface area contributed by atoms with Crippen LogP contribution in [0, 0.1) is 0 Å². The first-order chi connectivity index (χ1) is 7.95. The second-order valence-electron chi connectivity index (χ2n) is 3.33. The van der Waals surface area contributed by atoms with Crippen molar-refractivity contribution < 1.29 is 19.7 Å². The molecule has 2 unspecified atom stereocenters. The number of hydrogen-bond donors (Lipinski definition) is 2. The summed E-state index contributed by atoms with van der Waals surface area (Å²) in [5, 5.41) is 19.5. The fourth-order valence-electron chi connectivity index (χ4n) is 1.22. The minimum Gasteiger partial charge on any atom is -0.469 e. The van der Waals surface area contributed by atoms with Gasteiger partial charge in [-0.1, -0.05) is 11.6 Å². The maximum Gasteiger partial charge on any atom is 0.308 e. The molecular weight excluding hydrogens is 313 g/mol. The molecule has 0 saturated heterocycles. The van der Waals surface area contributed by atoms with Crippen molar-refractivity contribution in [2.45, 2.75) is 18.6 Å². The first-order valence-electron chi connectivity index (χ1n) is 4.69. The van der Waals surface area contributed by atoms with Crippen molar-refractivity contribution >= 4 is 33.5 Å². The number of pyridine rings is 1. The van der Waals surface area contributed by atoms with E-state index in [1.54, 1.807) is 0 Å². The number of aliphatic hydroxyl groups excluding tert-OH is 2. The Kier molecular flexibility index (Phi) is 5.32. The van der Waals surface area contributed by atoms with E-state index in [1.807, 2.05) is 0 Å². The average Bonchev–Trinajstić information content (AvgIpc) is 2.31. The topological polar surface area (TPSA) is 79.7 Å². The van der Waals surface area contributed by atoms with Crippen LogP contribution in [0.3, 0.4) is 0 Å². The number of carbonyl (C=O) groups is 1. The van der Waals surface area contributed by atoms with Gasteiger partial charge in [0.05, 0.1) is 19.6 Å². The van der Waals surface area contributed by atoms with Gasteiger partial charge in [-0.2, -0.15) is 0 Å². The number of nitrogens with zero attached hydrogens (tertiary/aromatic N) is 1. The molecule has 0 saturated carbocycles. The second-order valence-corrected chi connectivity index (χ2v) is 4.60. The van der Waals surface area contributed by atoms with Crippen LogP contribution < -0.4 is 0 Å². The zero-order valence-electron chi connectivity index (χ0n) is 8.93. The van der Waals surface area contributed by atoms with Crippen LogP contribution in [-0.2, 0) is 9.53 Å². The molecule has 0 spiro atoms. The van der Waals surface area contributed by atoms with Crippen molar-refractivity contribution in [1.29, 1.82) is 0 Å². The summed E-state index contributed by atoms with van der Waals surface area (Å²) in [4.78, 5) is 14.8. The summed E-state index contributed by atoms with van der Waals surface area (Å²) >= 11 is 8.96. The standard InChI is InChI=1S/C10H11BrClNO4/c1-17-8(15)3-7(14)9(16)6-2-5(11)4-13-10(6)12/h2,4,7,9,14,16H,3H2,1H3. The molecule has 0 aliphatic rings. The number of esters is 1. The van der Waals surface area contributed by atoms with Gasteiger partial charge in [0.2, 0.25) is 0 Å². The summed E-state index contributed by atoms with van der Waals surface area (Å²) in [6, 6.07) is 1.53. The van der Waals surface area contributed by atoms with Crippen LogP contribution in [0.25, 0.3) is 0 Å². The number of hydrogen-bond acceptors (Lipinski definition) is 5. The van der Waals surface area contributed by atoms with Crippen molar-refractivity contribution in [2.75, 3.05) is 7.11 Å². The zero-order chi connectivity index (χ0) is 13.0. The number of methoxy groups -OCH3 is 1. The molecule has 2 atom stereocenters. The minimum atomic E-state index is -1.30. The summed E-state index contributed by atoms with van der Waals surface area (Å²) < 4.78 is 5.01. The maximum absolute atomic E-state index is 11.0. The van der Waals surface area contributed by atoms with Crippen LogP contribution in [0.4, 0.5) is 0 Å². The second kappa shape index (κ2) is 6.30. The molecule has 94 valence electrons.